The van der Waals surface area contributed by atoms with Gasteiger partial charge < -0.3 is 10.4 Å². The third-order valence-electron chi connectivity index (χ3n) is 3.28. The Labute approximate surface area is 104 Å². The van der Waals surface area contributed by atoms with Gasteiger partial charge in [-0.15, -0.1) is 11.3 Å². The summed E-state index contributed by atoms with van der Waals surface area (Å²) in [5, 5.41) is 11.6. The van der Waals surface area contributed by atoms with E-state index in [9.17, 15) is 9.59 Å². The molecule has 2 N–H and O–H groups in total. The average Bonchev–Trinajstić information content (AvgIpc) is 2.72. The van der Waals surface area contributed by atoms with Crippen molar-refractivity contribution in [1.82, 2.24) is 5.32 Å². The van der Waals surface area contributed by atoms with Crippen molar-refractivity contribution in [2.45, 2.75) is 26.2 Å². The van der Waals surface area contributed by atoms with E-state index in [0.717, 1.165) is 24.2 Å². The first-order chi connectivity index (χ1) is 8.00. The highest BCUT2D eigenvalue weighted by molar-refractivity contribution is 7.15. The Morgan fingerprint density at radius 3 is 2.53 bits per heavy atom. The number of aromatic carboxylic acids is 1. The van der Waals surface area contributed by atoms with Crippen LogP contribution in [0.3, 0.4) is 0 Å². The number of amides is 1. The van der Waals surface area contributed by atoms with Crippen LogP contribution in [0.1, 0.15) is 45.5 Å². The first kappa shape index (κ1) is 12.1. The van der Waals surface area contributed by atoms with E-state index >= 15 is 0 Å². The Morgan fingerprint density at radius 2 is 2.06 bits per heavy atom. The highest BCUT2D eigenvalue weighted by Crippen LogP contribution is 2.39. The molecule has 0 spiro atoms. The maximum Gasteiger partial charge on any atom is 0.345 e. The van der Waals surface area contributed by atoms with Gasteiger partial charge in [0.25, 0.3) is 5.91 Å². The van der Waals surface area contributed by atoms with E-state index in [-0.39, 0.29) is 16.2 Å². The van der Waals surface area contributed by atoms with Crippen molar-refractivity contribution in [3.8, 4) is 0 Å². The van der Waals surface area contributed by atoms with E-state index in [0.29, 0.717) is 11.4 Å². The maximum absolute atomic E-state index is 11.8. The first-order valence-electron chi connectivity index (χ1n) is 5.62. The zero-order valence-corrected chi connectivity index (χ0v) is 10.5. The van der Waals surface area contributed by atoms with Crippen molar-refractivity contribution in [2.24, 2.45) is 5.41 Å². The van der Waals surface area contributed by atoms with Gasteiger partial charge in [0.05, 0.1) is 4.88 Å². The Kier molecular flexibility index (Phi) is 3.19. The van der Waals surface area contributed by atoms with Crippen LogP contribution in [0.15, 0.2) is 12.1 Å². The lowest BCUT2D eigenvalue weighted by molar-refractivity contribution is 0.0702. The summed E-state index contributed by atoms with van der Waals surface area (Å²) in [6.45, 7) is 2.83. The lowest BCUT2D eigenvalue weighted by Crippen LogP contribution is -2.39. The topological polar surface area (TPSA) is 66.4 Å². The quantitative estimate of drug-likeness (QED) is 0.865. The summed E-state index contributed by atoms with van der Waals surface area (Å²) in [5.74, 6) is -1.16. The van der Waals surface area contributed by atoms with Crippen molar-refractivity contribution < 1.29 is 14.7 Å². The van der Waals surface area contributed by atoms with Crippen LogP contribution >= 0.6 is 11.3 Å². The van der Waals surface area contributed by atoms with Crippen LogP contribution in [-0.4, -0.2) is 23.5 Å². The van der Waals surface area contributed by atoms with Crippen molar-refractivity contribution in [1.29, 1.82) is 0 Å². The first-order valence-corrected chi connectivity index (χ1v) is 6.43. The van der Waals surface area contributed by atoms with Gasteiger partial charge in [-0.2, -0.15) is 0 Å². The summed E-state index contributed by atoms with van der Waals surface area (Å²) in [6.07, 6.45) is 3.53. The molecule has 0 aliphatic heterocycles. The Balaban J connectivity index is 1.92. The van der Waals surface area contributed by atoms with Gasteiger partial charge in [0.15, 0.2) is 0 Å². The number of carboxylic acids is 1. The zero-order chi connectivity index (χ0) is 12.5. The summed E-state index contributed by atoms with van der Waals surface area (Å²) >= 11 is 1.01. The fourth-order valence-corrected chi connectivity index (χ4v) is 2.67. The normalized spacial score (nSPS) is 17.2. The molecule has 0 atom stereocenters. The Hall–Kier alpha value is -1.36. The number of carbonyl (C=O) groups excluding carboxylic acids is 1. The Morgan fingerprint density at radius 1 is 1.41 bits per heavy atom. The van der Waals surface area contributed by atoms with E-state index in [1.54, 1.807) is 6.07 Å². The van der Waals surface area contributed by atoms with Crippen LogP contribution in [0.2, 0.25) is 0 Å². The fourth-order valence-electron chi connectivity index (χ4n) is 1.91. The molecular weight excluding hydrogens is 238 g/mol. The fraction of sp³-hybridized carbons (Fsp3) is 0.500. The van der Waals surface area contributed by atoms with E-state index in [1.807, 2.05) is 0 Å². The highest BCUT2D eigenvalue weighted by atomic mass is 32.1. The minimum Gasteiger partial charge on any atom is -0.477 e. The third kappa shape index (κ3) is 2.66. The van der Waals surface area contributed by atoms with E-state index in [4.69, 9.17) is 5.11 Å². The second-order valence-corrected chi connectivity index (χ2v) is 5.90. The maximum atomic E-state index is 11.8. The minimum absolute atomic E-state index is 0.171. The van der Waals surface area contributed by atoms with E-state index in [2.05, 4.69) is 12.2 Å². The molecule has 0 unspecified atom stereocenters. The van der Waals surface area contributed by atoms with Gasteiger partial charge >= 0.3 is 5.97 Å². The van der Waals surface area contributed by atoms with Crippen LogP contribution in [0.4, 0.5) is 0 Å². The van der Waals surface area contributed by atoms with Gasteiger partial charge in [0, 0.05) is 6.54 Å². The number of nitrogens with one attached hydrogen (secondary N) is 1. The summed E-state index contributed by atoms with van der Waals surface area (Å²) in [5.41, 5.74) is 0.239. The molecule has 4 nitrogen and oxygen atoms in total. The predicted molar refractivity (Wildman–Crippen MR) is 65.6 cm³/mol. The third-order valence-corrected chi connectivity index (χ3v) is 4.35. The van der Waals surface area contributed by atoms with Gasteiger partial charge in [-0.05, 0) is 30.4 Å². The molecule has 2 rings (SSSR count). The molecule has 0 aromatic carbocycles. The summed E-state index contributed by atoms with van der Waals surface area (Å²) in [6, 6.07) is 3.03. The number of carbonyl (C=O) groups is 2. The van der Waals surface area contributed by atoms with E-state index < -0.39 is 5.97 Å². The molecule has 17 heavy (non-hydrogen) atoms. The van der Waals surface area contributed by atoms with Gasteiger partial charge in [-0.1, -0.05) is 13.3 Å². The van der Waals surface area contributed by atoms with Gasteiger partial charge in [-0.25, -0.2) is 4.79 Å². The van der Waals surface area contributed by atoms with Crippen LogP contribution in [0, 0.1) is 5.41 Å². The SMILES string of the molecule is CC1(CNC(=O)c2ccc(C(=O)O)s2)CCC1. The van der Waals surface area contributed by atoms with Gasteiger partial charge in [-0.3, -0.25) is 4.79 Å². The molecule has 5 heteroatoms. The molecule has 0 radical (unpaired) electrons. The van der Waals surface area contributed by atoms with Crippen molar-refractivity contribution in [3.05, 3.63) is 21.9 Å². The van der Waals surface area contributed by atoms with E-state index in [1.165, 1.54) is 12.5 Å². The largest absolute Gasteiger partial charge is 0.477 e. The molecule has 1 fully saturated rings. The smallest absolute Gasteiger partial charge is 0.345 e. The molecular formula is C12H15NO3S. The molecule has 0 bridgehead atoms. The number of rotatable bonds is 4. The Bertz CT molecular complexity index is 448. The molecule has 0 saturated heterocycles. The molecule has 1 amide bonds. The lowest BCUT2D eigenvalue weighted by Gasteiger charge is -2.38. The van der Waals surface area contributed by atoms with Crippen LogP contribution in [-0.2, 0) is 0 Å². The highest BCUT2D eigenvalue weighted by Gasteiger charge is 2.32. The molecule has 92 valence electrons. The number of thiophene rings is 1. The van der Waals surface area contributed by atoms with Gasteiger partial charge in [0.1, 0.15) is 4.88 Å². The second kappa shape index (κ2) is 4.49. The molecule has 1 saturated carbocycles. The summed E-state index contributed by atoms with van der Waals surface area (Å²) in [7, 11) is 0. The number of hydrogen-bond acceptors (Lipinski definition) is 3. The molecule has 1 heterocycles. The monoisotopic (exact) mass is 253 g/mol. The molecule has 1 aliphatic carbocycles. The molecule has 1 aromatic rings. The van der Waals surface area contributed by atoms with Gasteiger partial charge in [0.2, 0.25) is 0 Å². The van der Waals surface area contributed by atoms with Crippen molar-refractivity contribution in [2.75, 3.05) is 6.54 Å². The predicted octanol–water partition coefficient (Wildman–Crippen LogP) is 2.37. The number of carboxylic acid groups (broad SMARTS) is 1. The van der Waals surface area contributed by atoms with Crippen LogP contribution in [0.25, 0.3) is 0 Å². The molecule has 1 aromatic heterocycles. The minimum atomic E-state index is -0.986. The summed E-state index contributed by atoms with van der Waals surface area (Å²) < 4.78 is 0. The second-order valence-electron chi connectivity index (χ2n) is 4.82. The lowest BCUT2D eigenvalue weighted by atomic mass is 9.70. The zero-order valence-electron chi connectivity index (χ0n) is 9.66. The summed E-state index contributed by atoms with van der Waals surface area (Å²) in [4.78, 5) is 23.1. The van der Waals surface area contributed by atoms with Crippen molar-refractivity contribution in [3.63, 3.8) is 0 Å². The average molecular weight is 253 g/mol. The number of hydrogen-bond donors (Lipinski definition) is 2. The molecule has 1 aliphatic rings. The van der Waals surface area contributed by atoms with Crippen molar-refractivity contribution >= 4 is 23.2 Å². The van der Waals surface area contributed by atoms with Crippen LogP contribution < -0.4 is 5.32 Å². The standard InChI is InChI=1S/C12H15NO3S/c1-12(5-2-6-12)7-13-10(14)8-3-4-9(17-8)11(15)16/h3-4H,2,5-7H2,1H3,(H,13,14)(H,15,16). The van der Waals surface area contributed by atoms with Crippen LogP contribution in [0.5, 0.6) is 0 Å².